The van der Waals surface area contributed by atoms with E-state index >= 15 is 0 Å². The minimum absolute atomic E-state index is 0.552. The first-order valence-corrected chi connectivity index (χ1v) is 5.59. The van der Waals surface area contributed by atoms with Gasteiger partial charge in [-0.05, 0) is 35.4 Å². The van der Waals surface area contributed by atoms with Crippen molar-refractivity contribution in [2.75, 3.05) is 7.11 Å². The molecule has 0 aliphatic carbocycles. The normalized spacial score (nSPS) is 10.2. The summed E-state index contributed by atoms with van der Waals surface area (Å²) in [6.45, 7) is 0. The minimum Gasteiger partial charge on any atom is -0.497 e. The highest BCUT2D eigenvalue weighted by molar-refractivity contribution is 5.70. The van der Waals surface area contributed by atoms with E-state index in [1.807, 2.05) is 48.6 Å². The number of diazo groups is 1. The van der Waals surface area contributed by atoms with Gasteiger partial charge in [0.1, 0.15) is 5.75 Å². The molecule has 88 valence electrons. The Morgan fingerprint density at radius 3 is 1.83 bits per heavy atom. The Kier molecular flexibility index (Phi) is 3.72. The average Bonchev–Trinajstić information content (AvgIpc) is 2.46. The van der Waals surface area contributed by atoms with E-state index in [9.17, 15) is 0 Å². The molecule has 3 heteroatoms. The summed E-state index contributed by atoms with van der Waals surface area (Å²) in [6.07, 6.45) is 4.02. The highest BCUT2D eigenvalue weighted by Gasteiger charge is 2.00. The van der Waals surface area contributed by atoms with Crippen LogP contribution in [0.1, 0.15) is 11.1 Å². The topological polar surface area (TPSA) is 37.4 Å². The van der Waals surface area contributed by atoms with E-state index in [1.165, 1.54) is 0 Å². The van der Waals surface area contributed by atoms with Gasteiger partial charge >= 0.3 is 5.69 Å². The van der Waals surface area contributed by atoms with Crippen LogP contribution in [0.2, 0.25) is 0 Å². The molecule has 2 aromatic rings. The van der Waals surface area contributed by atoms with Crippen LogP contribution >= 0.6 is 0 Å². The van der Waals surface area contributed by atoms with E-state index in [2.05, 4.69) is 4.98 Å². The fourth-order valence-corrected chi connectivity index (χ4v) is 1.56. The van der Waals surface area contributed by atoms with Gasteiger partial charge in [0.2, 0.25) is 5.39 Å². The van der Waals surface area contributed by atoms with Crippen LogP contribution in [0, 0.1) is 5.39 Å². The Hall–Kier alpha value is -2.60. The Bertz CT molecular complexity index is 577. The predicted molar refractivity (Wildman–Crippen MR) is 73.1 cm³/mol. The molecular formula is C15H13N2O+. The molecule has 0 aliphatic heterocycles. The summed E-state index contributed by atoms with van der Waals surface area (Å²) in [6, 6.07) is 15.1. The SMILES string of the molecule is COc1ccc(/C=C/c2ccc([N+]#N)cc2)cc1. The second-order valence-electron chi connectivity index (χ2n) is 3.80. The largest absolute Gasteiger partial charge is 0.497 e. The van der Waals surface area contributed by atoms with Crippen molar-refractivity contribution in [3.05, 3.63) is 64.6 Å². The summed E-state index contributed by atoms with van der Waals surface area (Å²) < 4.78 is 5.10. The monoisotopic (exact) mass is 237 g/mol. The van der Waals surface area contributed by atoms with Crippen LogP contribution in [0.4, 0.5) is 5.69 Å². The number of ether oxygens (including phenoxy) is 1. The predicted octanol–water partition coefficient (Wildman–Crippen LogP) is 4.35. The van der Waals surface area contributed by atoms with E-state index in [1.54, 1.807) is 19.2 Å². The molecule has 0 fully saturated rings. The van der Waals surface area contributed by atoms with Gasteiger partial charge in [-0.3, -0.25) is 0 Å². The Balaban J connectivity index is 2.11. The molecule has 0 radical (unpaired) electrons. The first-order valence-electron chi connectivity index (χ1n) is 5.59. The second kappa shape index (κ2) is 5.65. The van der Waals surface area contributed by atoms with Crippen molar-refractivity contribution in [1.82, 2.24) is 0 Å². The molecule has 0 bridgehead atoms. The van der Waals surface area contributed by atoms with Crippen LogP contribution in [0.3, 0.4) is 0 Å². The van der Waals surface area contributed by atoms with Gasteiger partial charge in [0.25, 0.3) is 0 Å². The summed E-state index contributed by atoms with van der Waals surface area (Å²) in [7, 11) is 1.65. The molecule has 2 rings (SSSR count). The van der Waals surface area contributed by atoms with Crippen molar-refractivity contribution in [2.24, 2.45) is 0 Å². The maximum Gasteiger partial charge on any atom is 0.385 e. The maximum absolute atomic E-state index is 8.58. The molecular weight excluding hydrogens is 224 g/mol. The average molecular weight is 237 g/mol. The summed E-state index contributed by atoms with van der Waals surface area (Å²) >= 11 is 0. The van der Waals surface area contributed by atoms with Crippen LogP contribution in [-0.2, 0) is 0 Å². The number of methoxy groups -OCH3 is 1. The van der Waals surface area contributed by atoms with E-state index in [-0.39, 0.29) is 0 Å². The van der Waals surface area contributed by atoms with Crippen LogP contribution in [0.25, 0.3) is 17.1 Å². The molecule has 0 N–H and O–H groups in total. The fraction of sp³-hybridized carbons (Fsp3) is 0.0667. The number of nitrogens with zero attached hydrogens (tertiary/aromatic N) is 2. The highest BCUT2D eigenvalue weighted by Crippen LogP contribution is 2.16. The van der Waals surface area contributed by atoms with Gasteiger partial charge in [0.15, 0.2) is 4.98 Å². The number of hydrogen-bond donors (Lipinski definition) is 0. The van der Waals surface area contributed by atoms with Crippen molar-refractivity contribution in [1.29, 1.82) is 5.39 Å². The standard InChI is InChI=1S/C15H13N2O/c1-18-15-10-6-13(7-11-15)3-2-12-4-8-14(17-16)9-5-12/h2-11H,1H3/q+1/b3-2+. The van der Waals surface area contributed by atoms with Crippen LogP contribution < -0.4 is 4.74 Å². The van der Waals surface area contributed by atoms with Crippen molar-refractivity contribution in [3.63, 3.8) is 0 Å². The van der Waals surface area contributed by atoms with E-state index in [0.717, 1.165) is 16.9 Å². The Labute approximate surface area is 106 Å². The third-order valence-electron chi connectivity index (χ3n) is 2.59. The van der Waals surface area contributed by atoms with E-state index in [4.69, 9.17) is 10.1 Å². The van der Waals surface area contributed by atoms with Crippen molar-refractivity contribution in [2.45, 2.75) is 0 Å². The van der Waals surface area contributed by atoms with E-state index in [0.29, 0.717) is 5.69 Å². The molecule has 0 unspecified atom stereocenters. The zero-order valence-corrected chi connectivity index (χ0v) is 10.1. The molecule has 2 aromatic carbocycles. The lowest BCUT2D eigenvalue weighted by atomic mass is 10.1. The van der Waals surface area contributed by atoms with Gasteiger partial charge in [-0.15, -0.1) is 0 Å². The minimum atomic E-state index is 0.552. The van der Waals surface area contributed by atoms with Crippen LogP contribution in [0.15, 0.2) is 48.5 Å². The second-order valence-corrected chi connectivity index (χ2v) is 3.80. The highest BCUT2D eigenvalue weighted by atomic mass is 16.5. The molecule has 0 aliphatic rings. The summed E-state index contributed by atoms with van der Waals surface area (Å²) in [5.41, 5.74) is 2.71. The number of rotatable bonds is 3. The maximum atomic E-state index is 8.58. The lowest BCUT2D eigenvalue weighted by molar-refractivity contribution is 0.415. The smallest absolute Gasteiger partial charge is 0.385 e. The van der Waals surface area contributed by atoms with Crippen molar-refractivity contribution < 1.29 is 4.74 Å². The summed E-state index contributed by atoms with van der Waals surface area (Å²) in [5.74, 6) is 0.848. The van der Waals surface area contributed by atoms with Gasteiger partial charge in [0.05, 0.1) is 7.11 Å². The quantitative estimate of drug-likeness (QED) is 0.587. The van der Waals surface area contributed by atoms with Gasteiger partial charge in [-0.25, -0.2) is 0 Å². The van der Waals surface area contributed by atoms with Crippen molar-refractivity contribution >= 4 is 17.8 Å². The zero-order valence-electron chi connectivity index (χ0n) is 10.1. The Morgan fingerprint density at radius 1 is 0.889 bits per heavy atom. The number of hydrogen-bond acceptors (Lipinski definition) is 2. The molecule has 0 saturated heterocycles. The third-order valence-corrected chi connectivity index (χ3v) is 2.59. The lowest BCUT2D eigenvalue weighted by Gasteiger charge is -1.99. The number of benzene rings is 2. The fourth-order valence-electron chi connectivity index (χ4n) is 1.56. The van der Waals surface area contributed by atoms with Crippen molar-refractivity contribution in [3.8, 4) is 5.75 Å². The third kappa shape index (κ3) is 2.96. The first kappa shape index (κ1) is 11.9. The molecule has 18 heavy (non-hydrogen) atoms. The first-order chi connectivity index (χ1) is 8.81. The lowest BCUT2D eigenvalue weighted by Crippen LogP contribution is -1.81. The van der Waals surface area contributed by atoms with Gasteiger partial charge in [-0.2, -0.15) is 0 Å². The Morgan fingerprint density at radius 2 is 1.39 bits per heavy atom. The molecule has 0 spiro atoms. The summed E-state index contributed by atoms with van der Waals surface area (Å²) in [4.78, 5) is 3.11. The molecule has 0 saturated carbocycles. The zero-order chi connectivity index (χ0) is 12.8. The van der Waals surface area contributed by atoms with Gasteiger partial charge < -0.3 is 4.74 Å². The van der Waals surface area contributed by atoms with Gasteiger partial charge in [0, 0.05) is 12.1 Å². The summed E-state index contributed by atoms with van der Waals surface area (Å²) in [5, 5.41) is 8.58. The molecule has 0 amide bonds. The molecule has 3 nitrogen and oxygen atoms in total. The van der Waals surface area contributed by atoms with Crippen LogP contribution in [0.5, 0.6) is 5.75 Å². The molecule has 0 atom stereocenters. The molecule has 0 aromatic heterocycles. The molecule has 0 heterocycles. The van der Waals surface area contributed by atoms with E-state index < -0.39 is 0 Å². The van der Waals surface area contributed by atoms with Gasteiger partial charge in [-0.1, -0.05) is 24.3 Å². The van der Waals surface area contributed by atoms with Crippen LogP contribution in [-0.4, -0.2) is 7.11 Å².